The van der Waals surface area contributed by atoms with Crippen molar-refractivity contribution >= 4 is 17.9 Å². The molecule has 4 aliphatic carbocycles. The van der Waals surface area contributed by atoms with E-state index >= 15 is 0 Å². The van der Waals surface area contributed by atoms with E-state index in [1.807, 2.05) is 0 Å². The molecule has 0 saturated heterocycles. The predicted octanol–water partition coefficient (Wildman–Crippen LogP) is 3.74. The lowest BCUT2D eigenvalue weighted by molar-refractivity contribution is -0.148. The molecule has 0 radical (unpaired) electrons. The molecule has 23 heavy (non-hydrogen) atoms. The van der Waals surface area contributed by atoms with Crippen molar-refractivity contribution < 1.29 is 14.4 Å². The molecule has 4 rings (SSSR count). The van der Waals surface area contributed by atoms with Gasteiger partial charge in [-0.3, -0.25) is 9.59 Å². The van der Waals surface area contributed by atoms with Crippen molar-refractivity contribution in [1.29, 1.82) is 0 Å². The van der Waals surface area contributed by atoms with Crippen molar-refractivity contribution in [3.05, 3.63) is 0 Å². The summed E-state index contributed by atoms with van der Waals surface area (Å²) < 4.78 is 0. The van der Waals surface area contributed by atoms with Crippen molar-refractivity contribution in [3.63, 3.8) is 0 Å². The Balaban J connectivity index is 1.65. The third kappa shape index (κ3) is 2.04. The van der Waals surface area contributed by atoms with Gasteiger partial charge in [0.2, 0.25) is 0 Å². The molecule has 0 N–H and O–H groups in total. The predicted molar refractivity (Wildman–Crippen MR) is 86.7 cm³/mol. The van der Waals surface area contributed by atoms with E-state index in [1.165, 1.54) is 0 Å². The van der Waals surface area contributed by atoms with Crippen LogP contribution >= 0.6 is 0 Å². The topological polar surface area (TPSA) is 51.2 Å². The molecule has 0 aromatic rings. The maximum atomic E-state index is 12.6. The van der Waals surface area contributed by atoms with E-state index in [9.17, 15) is 14.4 Å². The average molecular weight is 316 g/mol. The van der Waals surface area contributed by atoms with Crippen molar-refractivity contribution in [2.45, 2.75) is 71.1 Å². The molecule has 126 valence electrons. The third-order valence-corrected chi connectivity index (χ3v) is 8.37. The van der Waals surface area contributed by atoms with Gasteiger partial charge in [0, 0.05) is 31.1 Å². The fraction of sp³-hybridized carbons (Fsp3) is 0.850. The van der Waals surface area contributed by atoms with Crippen molar-refractivity contribution in [1.82, 2.24) is 0 Å². The number of hydrogen-bond donors (Lipinski definition) is 0. The molecule has 1 unspecified atom stereocenters. The molecule has 6 atom stereocenters. The van der Waals surface area contributed by atoms with Crippen LogP contribution in [0.1, 0.15) is 71.1 Å². The Morgan fingerprint density at radius 1 is 1.04 bits per heavy atom. The minimum atomic E-state index is -0.323. The zero-order chi connectivity index (χ0) is 16.2. The summed E-state index contributed by atoms with van der Waals surface area (Å²) in [4.78, 5) is 35.7. The maximum Gasteiger partial charge on any atom is 0.139 e. The van der Waals surface area contributed by atoms with E-state index in [-0.39, 0.29) is 10.8 Å². The number of carbonyl (C=O) groups is 3. The summed E-state index contributed by atoms with van der Waals surface area (Å²) in [5, 5.41) is 0. The number of carbonyl (C=O) groups excluding carboxylic acids is 3. The monoisotopic (exact) mass is 316 g/mol. The number of fused-ring (bicyclic) bond motifs is 5. The highest BCUT2D eigenvalue weighted by molar-refractivity contribution is 5.89. The SMILES string of the molecule is C[C@]12CCC(=O)CC1CC[C@H]1[C@@H]3CCC(=O)[C@@]3(CC=O)CC[C@@H]12. The normalized spacial score (nSPS) is 49.3. The second kappa shape index (κ2) is 5.26. The second-order valence-electron chi connectivity index (χ2n) is 8.93. The largest absolute Gasteiger partial charge is 0.303 e. The Labute approximate surface area is 138 Å². The molecule has 4 fully saturated rings. The zero-order valence-corrected chi connectivity index (χ0v) is 14.2. The molecule has 0 amide bonds. The molecule has 0 spiro atoms. The van der Waals surface area contributed by atoms with Crippen LogP contribution in [-0.2, 0) is 14.4 Å². The van der Waals surface area contributed by atoms with Crippen molar-refractivity contribution in [2.24, 2.45) is 34.5 Å². The fourth-order valence-electron chi connectivity index (χ4n) is 7.15. The number of rotatable bonds is 2. The Morgan fingerprint density at radius 3 is 2.65 bits per heavy atom. The minimum absolute atomic E-state index is 0.288. The summed E-state index contributed by atoms with van der Waals surface area (Å²) in [7, 11) is 0. The summed E-state index contributed by atoms with van der Waals surface area (Å²) in [5.74, 6) is 3.05. The van der Waals surface area contributed by atoms with Gasteiger partial charge < -0.3 is 4.79 Å². The van der Waals surface area contributed by atoms with Gasteiger partial charge in [0.1, 0.15) is 17.9 Å². The molecule has 0 aliphatic heterocycles. The Morgan fingerprint density at radius 2 is 1.87 bits per heavy atom. The fourth-order valence-corrected chi connectivity index (χ4v) is 7.15. The average Bonchev–Trinajstić information content (AvgIpc) is 2.86. The van der Waals surface area contributed by atoms with E-state index < -0.39 is 0 Å². The first-order valence-electron chi connectivity index (χ1n) is 9.50. The third-order valence-electron chi connectivity index (χ3n) is 8.37. The standard InChI is InChI=1S/C20H28O3/c1-19-8-6-14(22)12-13(19)2-3-15-16(19)7-9-20(10-11-21)17(15)4-5-18(20)23/h11,13,15-17H,2-10,12H2,1H3/t13?,15-,16+,17+,19+,20-/m1/s1. The van der Waals surface area contributed by atoms with E-state index in [0.717, 1.165) is 57.7 Å². The highest BCUT2D eigenvalue weighted by atomic mass is 16.1. The van der Waals surface area contributed by atoms with Crippen LogP contribution in [0.2, 0.25) is 0 Å². The second-order valence-corrected chi connectivity index (χ2v) is 8.93. The van der Waals surface area contributed by atoms with E-state index in [1.54, 1.807) is 0 Å². The highest BCUT2D eigenvalue weighted by Crippen LogP contribution is 2.65. The number of hydrogen-bond acceptors (Lipinski definition) is 3. The summed E-state index contributed by atoms with van der Waals surface area (Å²) in [6, 6.07) is 0. The van der Waals surface area contributed by atoms with Crippen LogP contribution in [-0.4, -0.2) is 17.9 Å². The molecular weight excluding hydrogens is 288 g/mol. The summed E-state index contributed by atoms with van der Waals surface area (Å²) in [5.41, 5.74) is -0.0353. The zero-order valence-electron chi connectivity index (χ0n) is 14.2. The van der Waals surface area contributed by atoms with Gasteiger partial charge in [0.05, 0.1) is 0 Å². The number of aldehydes is 1. The van der Waals surface area contributed by atoms with Crippen LogP contribution < -0.4 is 0 Å². The minimum Gasteiger partial charge on any atom is -0.303 e. The lowest BCUT2D eigenvalue weighted by atomic mass is 9.45. The smallest absolute Gasteiger partial charge is 0.139 e. The van der Waals surface area contributed by atoms with E-state index in [4.69, 9.17) is 0 Å². The van der Waals surface area contributed by atoms with Crippen LogP contribution in [0.15, 0.2) is 0 Å². The summed E-state index contributed by atoms with van der Waals surface area (Å²) in [6.07, 6.45) is 9.98. The van der Waals surface area contributed by atoms with Gasteiger partial charge >= 0.3 is 0 Å². The maximum absolute atomic E-state index is 12.6. The van der Waals surface area contributed by atoms with Gasteiger partial charge in [-0.05, 0) is 67.6 Å². The molecular formula is C20H28O3. The van der Waals surface area contributed by atoms with Gasteiger partial charge in [-0.1, -0.05) is 6.92 Å². The highest BCUT2D eigenvalue weighted by Gasteiger charge is 2.61. The van der Waals surface area contributed by atoms with Gasteiger partial charge in [-0.2, -0.15) is 0 Å². The van der Waals surface area contributed by atoms with Crippen LogP contribution in [0.5, 0.6) is 0 Å². The molecule has 0 aromatic heterocycles. The lowest BCUT2D eigenvalue weighted by Crippen LogP contribution is -2.54. The van der Waals surface area contributed by atoms with Crippen LogP contribution in [0.3, 0.4) is 0 Å². The first-order valence-corrected chi connectivity index (χ1v) is 9.50. The first-order chi connectivity index (χ1) is 11.0. The van der Waals surface area contributed by atoms with Gasteiger partial charge in [-0.15, -0.1) is 0 Å². The van der Waals surface area contributed by atoms with E-state index in [2.05, 4.69) is 6.92 Å². The first kappa shape index (κ1) is 15.5. The van der Waals surface area contributed by atoms with Crippen molar-refractivity contribution in [3.8, 4) is 0 Å². The molecule has 3 heteroatoms. The Hall–Kier alpha value is -0.990. The van der Waals surface area contributed by atoms with Gasteiger partial charge in [0.25, 0.3) is 0 Å². The molecule has 3 nitrogen and oxygen atoms in total. The number of ketones is 2. The van der Waals surface area contributed by atoms with Crippen LogP contribution in [0.25, 0.3) is 0 Å². The summed E-state index contributed by atoms with van der Waals surface area (Å²) >= 11 is 0. The summed E-state index contributed by atoms with van der Waals surface area (Å²) in [6.45, 7) is 2.42. The molecule has 4 saturated carbocycles. The Kier molecular flexibility index (Phi) is 3.55. The molecule has 0 heterocycles. The molecule has 4 aliphatic rings. The van der Waals surface area contributed by atoms with E-state index in [0.29, 0.717) is 48.1 Å². The van der Waals surface area contributed by atoms with Crippen LogP contribution in [0.4, 0.5) is 0 Å². The lowest BCUT2D eigenvalue weighted by Gasteiger charge is -2.59. The molecule has 0 bridgehead atoms. The van der Waals surface area contributed by atoms with Crippen LogP contribution in [0, 0.1) is 34.5 Å². The quantitative estimate of drug-likeness (QED) is 0.729. The van der Waals surface area contributed by atoms with Gasteiger partial charge in [0.15, 0.2) is 0 Å². The molecule has 0 aromatic carbocycles. The Bertz CT molecular complexity index is 553. The van der Waals surface area contributed by atoms with Gasteiger partial charge in [-0.25, -0.2) is 0 Å². The number of Topliss-reactive ketones (excluding diaryl/α,β-unsaturated/α-hetero) is 2. The van der Waals surface area contributed by atoms with Crippen molar-refractivity contribution in [2.75, 3.05) is 0 Å².